The summed E-state index contributed by atoms with van der Waals surface area (Å²) in [6.07, 6.45) is 1.03. The molecular weight excluding hydrogens is 394 g/mol. The van der Waals surface area contributed by atoms with Gasteiger partial charge in [-0.15, -0.1) is 0 Å². The fraction of sp³-hybridized carbons (Fsp3) is 0.611. The summed E-state index contributed by atoms with van der Waals surface area (Å²) in [4.78, 5) is 16.4. The van der Waals surface area contributed by atoms with Crippen molar-refractivity contribution in [1.82, 2.24) is 9.80 Å². The van der Waals surface area contributed by atoms with E-state index in [1.807, 2.05) is 7.05 Å². The van der Waals surface area contributed by atoms with Crippen LogP contribution in [0.5, 0.6) is 0 Å². The highest BCUT2D eigenvalue weighted by molar-refractivity contribution is 9.10. The molecule has 1 amide bonds. The van der Waals surface area contributed by atoms with Crippen LogP contribution in [-0.2, 0) is 11.3 Å². The number of carbonyl (C=O) groups is 1. The predicted molar refractivity (Wildman–Crippen MR) is 96.4 cm³/mol. The number of carbonyl (C=O) groups excluding carboxylic acids is 1. The van der Waals surface area contributed by atoms with Crippen LogP contribution in [0.15, 0.2) is 16.6 Å². The molecule has 1 aliphatic rings. The Bertz CT molecular complexity index is 626. The number of rotatable bonds is 3. The van der Waals surface area contributed by atoms with Crippen LogP contribution in [0.25, 0.3) is 0 Å². The molecule has 1 aliphatic heterocycles. The molecule has 140 valence electrons. The number of hydrogen-bond acceptors (Lipinski definition) is 3. The third kappa shape index (κ3) is 5.38. The number of halogens is 3. The van der Waals surface area contributed by atoms with Gasteiger partial charge in [0.15, 0.2) is 0 Å². The number of ether oxygens (including phenoxy) is 1. The fourth-order valence-corrected chi connectivity index (χ4v) is 3.30. The summed E-state index contributed by atoms with van der Waals surface area (Å²) in [7, 11) is 2.02. The van der Waals surface area contributed by atoms with Crippen molar-refractivity contribution in [2.24, 2.45) is 0 Å². The van der Waals surface area contributed by atoms with Crippen LogP contribution in [0, 0.1) is 11.6 Å². The molecule has 1 aromatic rings. The number of piperidine rings is 1. The topological polar surface area (TPSA) is 32.8 Å². The smallest absolute Gasteiger partial charge is 0.410 e. The highest BCUT2D eigenvalue weighted by Crippen LogP contribution is 2.28. The van der Waals surface area contributed by atoms with Gasteiger partial charge in [0.25, 0.3) is 0 Å². The van der Waals surface area contributed by atoms with Crippen LogP contribution in [0.4, 0.5) is 13.6 Å². The lowest BCUT2D eigenvalue weighted by atomic mass is 10.0. The standard InChI is InChI=1S/C18H25BrF2N2O2/c1-18(2,3)25-17(24)23(12-7-9-22(4)10-8-12)11-13-14(20)5-6-15(21)16(13)19/h5-6,12H,7-11H2,1-4H3. The molecule has 4 nitrogen and oxygen atoms in total. The van der Waals surface area contributed by atoms with E-state index in [1.54, 1.807) is 20.8 Å². The summed E-state index contributed by atoms with van der Waals surface area (Å²) in [5, 5.41) is 0. The second-order valence-corrected chi connectivity index (χ2v) is 8.26. The van der Waals surface area contributed by atoms with Crippen molar-refractivity contribution in [3.05, 3.63) is 33.8 Å². The van der Waals surface area contributed by atoms with Gasteiger partial charge in [0, 0.05) is 11.6 Å². The molecule has 0 spiro atoms. The molecule has 1 heterocycles. The largest absolute Gasteiger partial charge is 0.444 e. The van der Waals surface area contributed by atoms with Gasteiger partial charge in [-0.3, -0.25) is 0 Å². The Kier molecular flexibility index (Phi) is 6.43. The SMILES string of the molecule is CN1CCC(N(Cc2c(F)ccc(F)c2Br)C(=O)OC(C)(C)C)CC1. The van der Waals surface area contributed by atoms with Gasteiger partial charge in [0.1, 0.15) is 17.2 Å². The first kappa shape index (κ1) is 20.1. The summed E-state index contributed by atoms with van der Waals surface area (Å²) in [6, 6.07) is 2.08. The summed E-state index contributed by atoms with van der Waals surface area (Å²) in [5.41, 5.74) is -0.525. The highest BCUT2D eigenvalue weighted by Gasteiger charge is 2.32. The Morgan fingerprint density at radius 1 is 1.28 bits per heavy atom. The molecule has 0 aliphatic carbocycles. The van der Waals surface area contributed by atoms with E-state index in [-0.39, 0.29) is 22.6 Å². The Morgan fingerprint density at radius 3 is 2.40 bits per heavy atom. The maximum absolute atomic E-state index is 14.2. The summed E-state index contributed by atoms with van der Waals surface area (Å²) in [5.74, 6) is -1.10. The first-order valence-electron chi connectivity index (χ1n) is 8.39. The van der Waals surface area contributed by atoms with E-state index < -0.39 is 23.3 Å². The zero-order valence-electron chi connectivity index (χ0n) is 15.1. The van der Waals surface area contributed by atoms with Crippen molar-refractivity contribution in [3.8, 4) is 0 Å². The lowest BCUT2D eigenvalue weighted by Crippen LogP contribution is -2.48. The Labute approximate surface area is 156 Å². The minimum absolute atomic E-state index is 0.0343. The van der Waals surface area contributed by atoms with Crippen molar-refractivity contribution in [1.29, 1.82) is 0 Å². The van der Waals surface area contributed by atoms with Crippen LogP contribution in [0.2, 0.25) is 0 Å². The van der Waals surface area contributed by atoms with E-state index >= 15 is 0 Å². The van der Waals surface area contributed by atoms with Gasteiger partial charge in [-0.1, -0.05) is 0 Å². The molecule has 0 unspecified atom stereocenters. The number of nitrogens with zero attached hydrogens (tertiary/aromatic N) is 2. The zero-order chi connectivity index (χ0) is 18.8. The van der Waals surface area contributed by atoms with Crippen LogP contribution >= 0.6 is 15.9 Å². The van der Waals surface area contributed by atoms with Crippen molar-refractivity contribution in [2.75, 3.05) is 20.1 Å². The molecule has 0 atom stereocenters. The second kappa shape index (κ2) is 7.99. The normalized spacial score (nSPS) is 16.8. The second-order valence-electron chi connectivity index (χ2n) is 7.46. The molecule has 2 rings (SSSR count). The molecule has 1 saturated heterocycles. The Balaban J connectivity index is 2.28. The molecule has 25 heavy (non-hydrogen) atoms. The van der Waals surface area contributed by atoms with Gasteiger partial charge in [0.2, 0.25) is 0 Å². The minimum Gasteiger partial charge on any atom is -0.444 e. The number of likely N-dealkylation sites (tertiary alicyclic amines) is 1. The third-order valence-corrected chi connectivity index (χ3v) is 5.08. The number of amides is 1. The molecule has 0 radical (unpaired) electrons. The molecule has 0 N–H and O–H groups in total. The average Bonchev–Trinajstić information content (AvgIpc) is 2.51. The van der Waals surface area contributed by atoms with Crippen molar-refractivity contribution < 1.29 is 18.3 Å². The zero-order valence-corrected chi connectivity index (χ0v) is 16.7. The summed E-state index contributed by atoms with van der Waals surface area (Å²) < 4.78 is 33.6. The maximum atomic E-state index is 14.2. The van der Waals surface area contributed by atoms with Gasteiger partial charge < -0.3 is 14.5 Å². The Hall–Kier alpha value is -1.21. The average molecular weight is 419 g/mol. The van der Waals surface area contributed by atoms with E-state index in [0.717, 1.165) is 38.1 Å². The molecule has 0 aromatic heterocycles. The quantitative estimate of drug-likeness (QED) is 0.674. The molecule has 0 bridgehead atoms. The fourth-order valence-electron chi connectivity index (χ4n) is 2.85. The van der Waals surface area contributed by atoms with E-state index in [0.29, 0.717) is 0 Å². The van der Waals surface area contributed by atoms with Gasteiger partial charge in [0.05, 0.1) is 11.0 Å². The maximum Gasteiger partial charge on any atom is 0.410 e. The van der Waals surface area contributed by atoms with Crippen LogP contribution in [0.3, 0.4) is 0 Å². The first-order valence-corrected chi connectivity index (χ1v) is 9.18. The molecule has 0 saturated carbocycles. The molecule has 7 heteroatoms. The van der Waals surface area contributed by atoms with Crippen LogP contribution in [0.1, 0.15) is 39.2 Å². The molecule has 1 aromatic carbocycles. The predicted octanol–water partition coefficient (Wildman–Crippen LogP) is 4.56. The van der Waals surface area contributed by atoms with Gasteiger partial charge >= 0.3 is 6.09 Å². The van der Waals surface area contributed by atoms with Crippen molar-refractivity contribution in [3.63, 3.8) is 0 Å². The van der Waals surface area contributed by atoms with Gasteiger partial charge in [-0.2, -0.15) is 0 Å². The van der Waals surface area contributed by atoms with E-state index in [1.165, 1.54) is 4.90 Å². The minimum atomic E-state index is -0.654. The monoisotopic (exact) mass is 418 g/mol. The third-order valence-electron chi connectivity index (χ3n) is 4.22. The van der Waals surface area contributed by atoms with E-state index in [4.69, 9.17) is 4.74 Å². The highest BCUT2D eigenvalue weighted by atomic mass is 79.9. The Morgan fingerprint density at radius 2 is 1.84 bits per heavy atom. The molecular formula is C18H25BrF2N2O2. The number of hydrogen-bond donors (Lipinski definition) is 0. The van der Waals surface area contributed by atoms with Crippen LogP contribution < -0.4 is 0 Å². The van der Waals surface area contributed by atoms with E-state index in [2.05, 4.69) is 20.8 Å². The van der Waals surface area contributed by atoms with E-state index in [9.17, 15) is 13.6 Å². The van der Waals surface area contributed by atoms with Gasteiger partial charge in [-0.05, 0) is 81.8 Å². The van der Waals surface area contributed by atoms with Gasteiger partial charge in [-0.25, -0.2) is 13.6 Å². The summed E-state index contributed by atoms with van der Waals surface area (Å²) in [6.45, 7) is 7.02. The first-order chi connectivity index (χ1) is 11.6. The molecule has 1 fully saturated rings. The number of benzene rings is 1. The lowest BCUT2D eigenvalue weighted by Gasteiger charge is -2.38. The summed E-state index contributed by atoms with van der Waals surface area (Å²) >= 11 is 3.10. The van der Waals surface area contributed by atoms with Crippen molar-refractivity contribution >= 4 is 22.0 Å². The van der Waals surface area contributed by atoms with Crippen LogP contribution in [-0.4, -0.2) is 47.7 Å². The lowest BCUT2D eigenvalue weighted by molar-refractivity contribution is 0.00658. The van der Waals surface area contributed by atoms with Crippen molar-refractivity contribution in [2.45, 2.75) is 51.8 Å².